The largest absolute Gasteiger partial charge is 0.327 e. The zero-order valence-electron chi connectivity index (χ0n) is 11.3. The van der Waals surface area contributed by atoms with Gasteiger partial charge in [-0.3, -0.25) is 19.7 Å². The van der Waals surface area contributed by atoms with Crippen LogP contribution in [-0.4, -0.2) is 34.7 Å². The number of anilines is 1. The van der Waals surface area contributed by atoms with E-state index in [0.29, 0.717) is 0 Å². The van der Waals surface area contributed by atoms with E-state index in [1.807, 2.05) is 0 Å². The molecule has 0 radical (unpaired) electrons. The number of nitrogens with one attached hydrogen (secondary N) is 1. The van der Waals surface area contributed by atoms with Gasteiger partial charge in [0.1, 0.15) is 5.69 Å². The third kappa shape index (κ3) is 4.27. The fourth-order valence-electron chi connectivity index (χ4n) is 1.61. The van der Waals surface area contributed by atoms with Crippen LogP contribution >= 0.6 is 0 Å². The maximum atomic E-state index is 12.0. The lowest BCUT2D eigenvalue weighted by Crippen LogP contribution is -2.40. The Balaban J connectivity index is 2.90. The normalized spacial score (nSPS) is 9.52. The molecule has 0 atom stereocenters. The number of amides is 2. The number of hydrogen-bond acceptors (Lipinski definition) is 4. The topological polar surface area (TPSA) is 92.6 Å². The minimum atomic E-state index is -0.951. The van der Waals surface area contributed by atoms with Crippen LogP contribution in [0.15, 0.2) is 49.6 Å². The SMILES string of the molecule is C=CCN(CC=C)C(=O)C(=O)Nc1ccccc1[N+](=O)[O-]. The van der Waals surface area contributed by atoms with Gasteiger partial charge < -0.3 is 10.2 Å². The van der Waals surface area contributed by atoms with Crippen molar-refractivity contribution in [2.45, 2.75) is 0 Å². The molecule has 0 aliphatic carbocycles. The number of nitrogens with zero attached hydrogens (tertiary/aromatic N) is 2. The average molecular weight is 289 g/mol. The van der Waals surface area contributed by atoms with Crippen LogP contribution in [0.5, 0.6) is 0 Å². The molecule has 0 heterocycles. The molecule has 0 saturated carbocycles. The van der Waals surface area contributed by atoms with Gasteiger partial charge >= 0.3 is 11.8 Å². The van der Waals surface area contributed by atoms with Gasteiger partial charge in [-0.1, -0.05) is 24.3 Å². The molecule has 0 saturated heterocycles. The molecule has 1 N–H and O–H groups in total. The Bertz CT molecular complexity index is 573. The Kier molecular flexibility index (Phi) is 5.81. The number of nitro groups is 1. The summed E-state index contributed by atoms with van der Waals surface area (Å²) in [7, 11) is 0. The summed E-state index contributed by atoms with van der Waals surface area (Å²) in [5, 5.41) is 13.1. The van der Waals surface area contributed by atoms with Crippen molar-refractivity contribution in [3.05, 3.63) is 59.7 Å². The number of hydrogen-bond donors (Lipinski definition) is 1. The summed E-state index contributed by atoms with van der Waals surface area (Å²) in [6.07, 6.45) is 2.94. The number of carbonyl (C=O) groups excluding carboxylic acids is 2. The Labute approximate surface area is 121 Å². The molecule has 1 aromatic rings. The lowest BCUT2D eigenvalue weighted by atomic mass is 10.2. The van der Waals surface area contributed by atoms with Crippen molar-refractivity contribution < 1.29 is 14.5 Å². The van der Waals surface area contributed by atoms with Crippen molar-refractivity contribution in [1.29, 1.82) is 0 Å². The zero-order chi connectivity index (χ0) is 15.8. The summed E-state index contributed by atoms with van der Waals surface area (Å²) in [6, 6.07) is 5.59. The zero-order valence-corrected chi connectivity index (χ0v) is 11.3. The summed E-state index contributed by atoms with van der Waals surface area (Å²) in [6.45, 7) is 7.34. The first-order chi connectivity index (χ1) is 10.0. The highest BCUT2D eigenvalue weighted by Gasteiger charge is 2.23. The molecule has 0 spiro atoms. The van der Waals surface area contributed by atoms with Gasteiger partial charge in [0.2, 0.25) is 0 Å². The first kappa shape index (κ1) is 16.1. The second kappa shape index (κ2) is 7.59. The predicted molar refractivity (Wildman–Crippen MR) is 78.7 cm³/mol. The Morgan fingerprint density at radius 2 is 1.81 bits per heavy atom. The van der Waals surface area contributed by atoms with Gasteiger partial charge in [-0.25, -0.2) is 0 Å². The van der Waals surface area contributed by atoms with Crippen LogP contribution < -0.4 is 5.32 Å². The average Bonchev–Trinajstić information content (AvgIpc) is 2.46. The maximum absolute atomic E-state index is 12.0. The smallest absolute Gasteiger partial charge is 0.314 e. The molecule has 1 aromatic carbocycles. The van der Waals surface area contributed by atoms with Crippen molar-refractivity contribution in [1.82, 2.24) is 4.90 Å². The summed E-state index contributed by atoms with van der Waals surface area (Å²) in [5.41, 5.74) is -0.310. The fourth-order valence-corrected chi connectivity index (χ4v) is 1.61. The molecule has 7 nitrogen and oxygen atoms in total. The van der Waals surface area contributed by atoms with Crippen LogP contribution in [0.3, 0.4) is 0 Å². The van der Waals surface area contributed by atoms with Crippen LogP contribution in [-0.2, 0) is 9.59 Å². The Hall–Kier alpha value is -2.96. The number of nitro benzene ring substituents is 1. The molecule has 0 fully saturated rings. The monoisotopic (exact) mass is 289 g/mol. The van der Waals surface area contributed by atoms with Crippen LogP contribution in [0.25, 0.3) is 0 Å². The van der Waals surface area contributed by atoms with Crippen LogP contribution in [0.2, 0.25) is 0 Å². The second-order valence-electron chi connectivity index (χ2n) is 4.02. The van der Waals surface area contributed by atoms with E-state index < -0.39 is 16.7 Å². The highest BCUT2D eigenvalue weighted by atomic mass is 16.6. The quantitative estimate of drug-likeness (QED) is 0.373. The van der Waals surface area contributed by atoms with Crippen molar-refractivity contribution in [2.75, 3.05) is 18.4 Å². The third-order valence-electron chi connectivity index (χ3n) is 2.53. The molecule has 21 heavy (non-hydrogen) atoms. The van der Waals surface area contributed by atoms with E-state index in [9.17, 15) is 19.7 Å². The highest BCUT2D eigenvalue weighted by Crippen LogP contribution is 2.23. The summed E-state index contributed by atoms with van der Waals surface area (Å²) >= 11 is 0. The lowest BCUT2D eigenvalue weighted by Gasteiger charge is -2.18. The van der Waals surface area contributed by atoms with Crippen molar-refractivity contribution in [2.24, 2.45) is 0 Å². The predicted octanol–water partition coefficient (Wildman–Crippen LogP) is 1.73. The summed E-state index contributed by atoms with van der Waals surface area (Å²) in [4.78, 5) is 35.3. The van der Waals surface area contributed by atoms with Gasteiger partial charge in [0, 0.05) is 19.2 Å². The van der Waals surface area contributed by atoms with Crippen LogP contribution in [0, 0.1) is 10.1 Å². The molecule has 1 rings (SSSR count). The third-order valence-corrected chi connectivity index (χ3v) is 2.53. The van der Waals surface area contributed by atoms with Gasteiger partial charge in [0.25, 0.3) is 5.69 Å². The molecule has 0 unspecified atom stereocenters. The maximum Gasteiger partial charge on any atom is 0.314 e. The van der Waals surface area contributed by atoms with Gasteiger partial charge in [-0.2, -0.15) is 0 Å². The van der Waals surface area contributed by atoms with Crippen molar-refractivity contribution in [3.8, 4) is 0 Å². The second-order valence-corrected chi connectivity index (χ2v) is 4.02. The van der Waals surface area contributed by atoms with E-state index in [1.54, 1.807) is 0 Å². The van der Waals surface area contributed by atoms with Gasteiger partial charge in [0.15, 0.2) is 0 Å². The van der Waals surface area contributed by atoms with Gasteiger partial charge in [-0.05, 0) is 6.07 Å². The standard InChI is InChI=1S/C14H15N3O4/c1-3-9-16(10-4-2)14(19)13(18)15-11-7-5-6-8-12(11)17(20)21/h3-8H,1-2,9-10H2,(H,15,18). The summed E-state index contributed by atoms with van der Waals surface area (Å²) in [5.74, 6) is -1.76. The fraction of sp³-hybridized carbons (Fsp3) is 0.143. The highest BCUT2D eigenvalue weighted by molar-refractivity contribution is 6.39. The van der Waals surface area contributed by atoms with Gasteiger partial charge in [0.05, 0.1) is 4.92 Å². The molecule has 7 heteroatoms. The summed E-state index contributed by atoms with van der Waals surface area (Å²) < 4.78 is 0. The van der Waals surface area contributed by atoms with Crippen molar-refractivity contribution in [3.63, 3.8) is 0 Å². The van der Waals surface area contributed by atoms with Gasteiger partial charge in [-0.15, -0.1) is 13.2 Å². The number of para-hydroxylation sites is 2. The van der Waals surface area contributed by atoms with E-state index >= 15 is 0 Å². The Morgan fingerprint density at radius 1 is 1.24 bits per heavy atom. The molecule has 110 valence electrons. The number of rotatable bonds is 6. The molecule has 0 bridgehead atoms. The van der Waals surface area contributed by atoms with E-state index in [0.717, 1.165) is 0 Å². The van der Waals surface area contributed by atoms with Crippen molar-refractivity contribution >= 4 is 23.2 Å². The Morgan fingerprint density at radius 3 is 2.33 bits per heavy atom. The van der Waals surface area contributed by atoms with E-state index in [1.165, 1.54) is 41.3 Å². The number of carbonyl (C=O) groups is 2. The molecule has 0 aliphatic rings. The molecule has 0 aliphatic heterocycles. The molecule has 2 amide bonds. The lowest BCUT2D eigenvalue weighted by molar-refractivity contribution is -0.383. The molecule has 0 aromatic heterocycles. The van der Waals surface area contributed by atoms with E-state index in [4.69, 9.17) is 0 Å². The number of benzene rings is 1. The van der Waals surface area contributed by atoms with E-state index in [-0.39, 0.29) is 24.5 Å². The molecular formula is C14H15N3O4. The minimum absolute atomic E-state index is 0.0296. The van der Waals surface area contributed by atoms with Crippen LogP contribution in [0.1, 0.15) is 0 Å². The van der Waals surface area contributed by atoms with Crippen LogP contribution in [0.4, 0.5) is 11.4 Å². The first-order valence-corrected chi connectivity index (χ1v) is 6.06. The first-order valence-electron chi connectivity index (χ1n) is 6.06. The minimum Gasteiger partial charge on any atom is -0.327 e. The molecular weight excluding hydrogens is 274 g/mol. The van der Waals surface area contributed by atoms with E-state index in [2.05, 4.69) is 18.5 Å².